The van der Waals surface area contributed by atoms with Crippen LogP contribution in [0.25, 0.3) is 0 Å². The minimum Gasteiger partial charge on any atom is -0.309 e. The van der Waals surface area contributed by atoms with Gasteiger partial charge in [0.2, 0.25) is 0 Å². The monoisotopic (exact) mass is 161 g/mol. The fourth-order valence-electron chi connectivity index (χ4n) is 1.50. The predicted octanol–water partition coefficient (Wildman–Crippen LogP) is 2.40. The minimum absolute atomic E-state index is 1.05. The van der Waals surface area contributed by atoms with E-state index in [0.29, 0.717) is 0 Å². The van der Waals surface area contributed by atoms with E-state index in [0.717, 1.165) is 13.1 Å². The first kappa shape index (κ1) is 9.01. The number of hydrogen-bond donors (Lipinski definition) is 1. The second-order valence-electron chi connectivity index (χ2n) is 2.82. The summed E-state index contributed by atoms with van der Waals surface area (Å²) in [5.74, 6) is 0. The van der Waals surface area contributed by atoms with Crippen molar-refractivity contribution in [2.24, 2.45) is 0 Å². The van der Waals surface area contributed by atoms with Gasteiger partial charge in [-0.05, 0) is 23.6 Å². The predicted molar refractivity (Wildman–Crippen MR) is 53.0 cm³/mol. The molecular formula is C11H15N. The Kier molecular flexibility index (Phi) is 3.06. The Labute approximate surface area is 74.1 Å². The first-order valence-corrected chi connectivity index (χ1v) is 4.16. The van der Waals surface area contributed by atoms with Gasteiger partial charge < -0.3 is 5.32 Å². The van der Waals surface area contributed by atoms with Gasteiger partial charge in [0.1, 0.15) is 0 Å². The van der Waals surface area contributed by atoms with Gasteiger partial charge in [0.25, 0.3) is 0 Å². The first-order chi connectivity index (χ1) is 5.88. The van der Waals surface area contributed by atoms with Crippen molar-refractivity contribution in [1.82, 2.24) is 5.32 Å². The van der Waals surface area contributed by atoms with Gasteiger partial charge in [0.15, 0.2) is 0 Å². The molecule has 64 valence electrons. The molecule has 0 unspecified atom stereocenters. The van der Waals surface area contributed by atoms with Crippen molar-refractivity contribution in [3.8, 4) is 0 Å². The van der Waals surface area contributed by atoms with Gasteiger partial charge in [-0.25, -0.2) is 0 Å². The largest absolute Gasteiger partial charge is 0.309 e. The van der Waals surface area contributed by atoms with Crippen molar-refractivity contribution < 1.29 is 0 Å². The van der Waals surface area contributed by atoms with Crippen LogP contribution in [0.4, 0.5) is 0 Å². The van der Waals surface area contributed by atoms with Gasteiger partial charge in [0.05, 0.1) is 0 Å². The third kappa shape index (κ3) is 1.56. The molecule has 0 aromatic heterocycles. The number of benzene rings is 1. The highest BCUT2D eigenvalue weighted by Crippen LogP contribution is 2.18. The SMILES string of the molecule is C=C.Cc1cccc2c1CNC2. The highest BCUT2D eigenvalue weighted by atomic mass is 14.9. The molecule has 0 bridgehead atoms. The van der Waals surface area contributed by atoms with Crippen LogP contribution in [0.1, 0.15) is 16.7 Å². The molecule has 1 aliphatic rings. The molecule has 0 spiro atoms. The van der Waals surface area contributed by atoms with Crippen LogP contribution in [0.5, 0.6) is 0 Å². The number of hydrogen-bond acceptors (Lipinski definition) is 1. The van der Waals surface area contributed by atoms with E-state index in [1.165, 1.54) is 16.7 Å². The molecule has 0 saturated carbocycles. The second-order valence-corrected chi connectivity index (χ2v) is 2.82. The number of nitrogens with one attached hydrogen (secondary N) is 1. The Balaban J connectivity index is 0.000000336. The Morgan fingerprint density at radius 2 is 2.00 bits per heavy atom. The number of fused-ring (bicyclic) bond motifs is 1. The van der Waals surface area contributed by atoms with Crippen molar-refractivity contribution >= 4 is 0 Å². The molecule has 1 aromatic carbocycles. The molecular weight excluding hydrogens is 146 g/mol. The molecule has 0 amide bonds. The van der Waals surface area contributed by atoms with Crippen LogP contribution in [0.3, 0.4) is 0 Å². The van der Waals surface area contributed by atoms with Gasteiger partial charge in [-0.2, -0.15) is 0 Å². The Morgan fingerprint density at radius 3 is 2.67 bits per heavy atom. The smallest absolute Gasteiger partial charge is 0.0214 e. The molecule has 1 N–H and O–H groups in total. The van der Waals surface area contributed by atoms with Crippen LogP contribution in [0.2, 0.25) is 0 Å². The summed E-state index contributed by atoms with van der Waals surface area (Å²) < 4.78 is 0. The standard InChI is InChI=1S/C9H11N.C2H4/c1-7-3-2-4-8-5-10-6-9(7)8;1-2/h2-4,10H,5-6H2,1H3;1-2H2. The molecule has 0 aliphatic carbocycles. The molecule has 1 aliphatic heterocycles. The van der Waals surface area contributed by atoms with Crippen LogP contribution in [0.15, 0.2) is 31.4 Å². The zero-order valence-corrected chi connectivity index (χ0v) is 7.56. The zero-order chi connectivity index (χ0) is 8.97. The normalized spacial score (nSPS) is 13.1. The van der Waals surface area contributed by atoms with E-state index in [4.69, 9.17) is 0 Å². The first-order valence-electron chi connectivity index (χ1n) is 4.16. The Hall–Kier alpha value is -1.08. The summed E-state index contributed by atoms with van der Waals surface area (Å²) in [6.45, 7) is 10.3. The summed E-state index contributed by atoms with van der Waals surface area (Å²) in [5, 5.41) is 3.33. The molecule has 0 saturated heterocycles. The lowest BCUT2D eigenvalue weighted by Gasteiger charge is -1.99. The Bertz CT molecular complexity index is 266. The summed E-state index contributed by atoms with van der Waals surface area (Å²) in [7, 11) is 0. The van der Waals surface area contributed by atoms with Gasteiger partial charge in [-0.3, -0.25) is 0 Å². The molecule has 1 nitrogen and oxygen atoms in total. The van der Waals surface area contributed by atoms with Crippen LogP contribution < -0.4 is 5.32 Å². The number of aryl methyl sites for hydroxylation is 1. The van der Waals surface area contributed by atoms with E-state index >= 15 is 0 Å². The van der Waals surface area contributed by atoms with E-state index < -0.39 is 0 Å². The fourth-order valence-corrected chi connectivity index (χ4v) is 1.50. The van der Waals surface area contributed by atoms with Crippen molar-refractivity contribution in [1.29, 1.82) is 0 Å². The molecule has 0 fully saturated rings. The molecule has 1 aromatic rings. The molecule has 1 heterocycles. The fraction of sp³-hybridized carbons (Fsp3) is 0.273. The summed E-state index contributed by atoms with van der Waals surface area (Å²) in [6.07, 6.45) is 0. The zero-order valence-electron chi connectivity index (χ0n) is 7.56. The average Bonchev–Trinajstić information content (AvgIpc) is 2.57. The van der Waals surface area contributed by atoms with Gasteiger partial charge in [-0.15, -0.1) is 13.2 Å². The van der Waals surface area contributed by atoms with Gasteiger partial charge >= 0.3 is 0 Å². The van der Waals surface area contributed by atoms with Crippen LogP contribution in [-0.2, 0) is 13.1 Å². The van der Waals surface area contributed by atoms with Gasteiger partial charge in [0, 0.05) is 13.1 Å². The summed E-state index contributed by atoms with van der Waals surface area (Å²) in [4.78, 5) is 0. The van der Waals surface area contributed by atoms with Gasteiger partial charge in [-0.1, -0.05) is 18.2 Å². The van der Waals surface area contributed by atoms with E-state index in [2.05, 4.69) is 43.6 Å². The lowest BCUT2D eigenvalue weighted by molar-refractivity contribution is 0.763. The Morgan fingerprint density at radius 1 is 1.25 bits per heavy atom. The van der Waals surface area contributed by atoms with Crippen molar-refractivity contribution in [3.63, 3.8) is 0 Å². The van der Waals surface area contributed by atoms with E-state index in [1.54, 1.807) is 0 Å². The molecule has 0 atom stereocenters. The van der Waals surface area contributed by atoms with Crippen LogP contribution in [0, 0.1) is 6.92 Å². The number of rotatable bonds is 0. The lowest BCUT2D eigenvalue weighted by Crippen LogP contribution is -2.00. The van der Waals surface area contributed by atoms with E-state index in [-0.39, 0.29) is 0 Å². The highest BCUT2D eigenvalue weighted by Gasteiger charge is 2.09. The maximum absolute atomic E-state index is 3.33. The topological polar surface area (TPSA) is 12.0 Å². The summed E-state index contributed by atoms with van der Waals surface area (Å²) in [5.41, 5.74) is 4.39. The quantitative estimate of drug-likeness (QED) is 0.576. The maximum atomic E-state index is 3.33. The van der Waals surface area contributed by atoms with Crippen molar-refractivity contribution in [3.05, 3.63) is 48.0 Å². The second kappa shape index (κ2) is 4.07. The van der Waals surface area contributed by atoms with Crippen molar-refractivity contribution in [2.45, 2.75) is 20.0 Å². The summed E-state index contributed by atoms with van der Waals surface area (Å²) in [6, 6.07) is 6.50. The molecule has 1 heteroatoms. The van der Waals surface area contributed by atoms with Crippen LogP contribution in [-0.4, -0.2) is 0 Å². The van der Waals surface area contributed by atoms with Crippen LogP contribution >= 0.6 is 0 Å². The molecule has 0 radical (unpaired) electrons. The third-order valence-corrected chi connectivity index (χ3v) is 2.12. The van der Waals surface area contributed by atoms with E-state index in [1.807, 2.05) is 0 Å². The molecule has 2 rings (SSSR count). The average molecular weight is 161 g/mol. The highest BCUT2D eigenvalue weighted by molar-refractivity contribution is 5.36. The van der Waals surface area contributed by atoms with E-state index in [9.17, 15) is 0 Å². The maximum Gasteiger partial charge on any atom is 0.0214 e. The van der Waals surface area contributed by atoms with Crippen molar-refractivity contribution in [2.75, 3.05) is 0 Å². The summed E-state index contributed by atoms with van der Waals surface area (Å²) >= 11 is 0. The lowest BCUT2D eigenvalue weighted by atomic mass is 10.1. The third-order valence-electron chi connectivity index (χ3n) is 2.12. The minimum atomic E-state index is 1.05. The molecule has 12 heavy (non-hydrogen) atoms.